The summed E-state index contributed by atoms with van der Waals surface area (Å²) in [5.41, 5.74) is 2.76. The standard InChI is InChI=1S/C24H24N2O5S/c1-30-21-15-18-13-14-26(24(27)25-32(28,29)19-11-7-4-8-12-19)23(17-9-5-3-6-10-17)20(18)16-22(21)31-2/h3-12,15-16,23H,13-14H2,1-2H3,(H,25,27). The van der Waals surface area contributed by atoms with Crippen molar-refractivity contribution < 1.29 is 22.7 Å². The van der Waals surface area contributed by atoms with Crippen molar-refractivity contribution in [2.24, 2.45) is 0 Å². The van der Waals surface area contributed by atoms with Crippen molar-refractivity contribution in [3.63, 3.8) is 0 Å². The first-order valence-electron chi connectivity index (χ1n) is 10.1. The SMILES string of the molecule is COc1cc2c(cc1OC)C(c1ccccc1)N(C(=O)NS(=O)(=O)c1ccccc1)CC2. The normalized spacial score (nSPS) is 15.6. The summed E-state index contributed by atoms with van der Waals surface area (Å²) >= 11 is 0. The van der Waals surface area contributed by atoms with Crippen LogP contribution in [0.2, 0.25) is 0 Å². The van der Waals surface area contributed by atoms with E-state index in [1.165, 1.54) is 12.1 Å². The minimum atomic E-state index is -4.00. The lowest BCUT2D eigenvalue weighted by Crippen LogP contribution is -2.47. The van der Waals surface area contributed by atoms with Crippen molar-refractivity contribution in [1.29, 1.82) is 0 Å². The maximum atomic E-state index is 13.2. The molecule has 1 N–H and O–H groups in total. The van der Waals surface area contributed by atoms with Gasteiger partial charge in [0.1, 0.15) is 0 Å². The van der Waals surface area contributed by atoms with Gasteiger partial charge in [0.2, 0.25) is 0 Å². The number of hydrogen-bond donors (Lipinski definition) is 1. The quantitative estimate of drug-likeness (QED) is 0.637. The number of urea groups is 1. The smallest absolute Gasteiger partial charge is 0.332 e. The van der Waals surface area contributed by atoms with E-state index in [0.29, 0.717) is 24.5 Å². The Morgan fingerprint density at radius 2 is 1.53 bits per heavy atom. The van der Waals surface area contributed by atoms with E-state index in [4.69, 9.17) is 9.47 Å². The topological polar surface area (TPSA) is 84.9 Å². The number of carbonyl (C=O) groups excluding carboxylic acids is 1. The van der Waals surface area contributed by atoms with Crippen LogP contribution in [0, 0.1) is 0 Å². The molecule has 1 aliphatic heterocycles. The van der Waals surface area contributed by atoms with Gasteiger partial charge >= 0.3 is 6.03 Å². The summed E-state index contributed by atoms with van der Waals surface area (Å²) in [6, 6.07) is 20.0. The zero-order valence-electron chi connectivity index (χ0n) is 17.8. The average molecular weight is 453 g/mol. The molecule has 2 amide bonds. The first-order chi connectivity index (χ1) is 15.4. The molecule has 1 unspecified atom stereocenters. The lowest BCUT2D eigenvalue weighted by molar-refractivity contribution is 0.185. The third-order valence-corrected chi connectivity index (χ3v) is 6.86. The molecule has 8 heteroatoms. The second kappa shape index (κ2) is 8.92. The van der Waals surface area contributed by atoms with Gasteiger partial charge in [-0.2, -0.15) is 0 Å². The number of carbonyl (C=O) groups is 1. The Morgan fingerprint density at radius 3 is 2.16 bits per heavy atom. The maximum absolute atomic E-state index is 13.2. The van der Waals surface area contributed by atoms with E-state index in [2.05, 4.69) is 4.72 Å². The zero-order valence-corrected chi connectivity index (χ0v) is 18.6. The minimum Gasteiger partial charge on any atom is -0.493 e. The van der Waals surface area contributed by atoms with Crippen LogP contribution in [-0.4, -0.2) is 40.1 Å². The summed E-state index contributed by atoms with van der Waals surface area (Å²) in [6.45, 7) is 0.345. The predicted molar refractivity (Wildman–Crippen MR) is 120 cm³/mol. The Balaban J connectivity index is 1.75. The van der Waals surface area contributed by atoms with E-state index in [1.807, 2.05) is 42.5 Å². The van der Waals surface area contributed by atoms with Crippen LogP contribution in [0.25, 0.3) is 0 Å². The van der Waals surface area contributed by atoms with E-state index in [1.54, 1.807) is 37.3 Å². The molecule has 1 aliphatic rings. The number of ether oxygens (including phenoxy) is 2. The third-order valence-electron chi connectivity index (χ3n) is 5.53. The predicted octanol–water partition coefficient (Wildman–Crippen LogP) is 3.75. The van der Waals surface area contributed by atoms with Crippen LogP contribution < -0.4 is 14.2 Å². The van der Waals surface area contributed by atoms with Crippen LogP contribution in [0.15, 0.2) is 77.7 Å². The Hall–Kier alpha value is -3.52. The molecule has 166 valence electrons. The van der Waals surface area contributed by atoms with Gasteiger partial charge in [-0.3, -0.25) is 0 Å². The van der Waals surface area contributed by atoms with Gasteiger partial charge in [0.25, 0.3) is 10.0 Å². The van der Waals surface area contributed by atoms with Gasteiger partial charge in [0.05, 0.1) is 25.2 Å². The highest BCUT2D eigenvalue weighted by molar-refractivity contribution is 7.90. The summed E-state index contributed by atoms with van der Waals surface area (Å²) < 4.78 is 38.7. The highest BCUT2D eigenvalue weighted by Gasteiger charge is 2.35. The van der Waals surface area contributed by atoms with Crippen LogP contribution in [0.1, 0.15) is 22.7 Å². The van der Waals surface area contributed by atoms with Crippen molar-refractivity contribution in [2.45, 2.75) is 17.4 Å². The largest absolute Gasteiger partial charge is 0.493 e. The summed E-state index contributed by atoms with van der Waals surface area (Å²) in [7, 11) is -0.865. The van der Waals surface area contributed by atoms with Crippen molar-refractivity contribution in [3.8, 4) is 11.5 Å². The number of benzene rings is 3. The number of nitrogens with zero attached hydrogens (tertiary/aromatic N) is 1. The molecule has 0 radical (unpaired) electrons. The monoisotopic (exact) mass is 452 g/mol. The van der Waals surface area contributed by atoms with E-state index in [-0.39, 0.29) is 4.90 Å². The molecule has 32 heavy (non-hydrogen) atoms. The number of fused-ring (bicyclic) bond motifs is 1. The summed E-state index contributed by atoms with van der Waals surface area (Å²) in [5, 5.41) is 0. The molecule has 0 saturated heterocycles. The number of hydrogen-bond acceptors (Lipinski definition) is 5. The average Bonchev–Trinajstić information content (AvgIpc) is 2.83. The number of rotatable bonds is 5. The molecule has 3 aromatic rings. The van der Waals surface area contributed by atoms with Crippen LogP contribution in [0.5, 0.6) is 11.5 Å². The molecule has 7 nitrogen and oxygen atoms in total. The van der Waals surface area contributed by atoms with Crippen molar-refractivity contribution >= 4 is 16.1 Å². The first kappa shape index (κ1) is 21.7. The van der Waals surface area contributed by atoms with Gasteiger partial charge in [-0.15, -0.1) is 0 Å². The Labute approximate surface area is 187 Å². The number of sulfonamides is 1. The van der Waals surface area contributed by atoms with E-state index in [9.17, 15) is 13.2 Å². The molecule has 0 aromatic heterocycles. The second-order valence-corrected chi connectivity index (χ2v) is 9.07. The summed E-state index contributed by atoms with van der Waals surface area (Å²) in [4.78, 5) is 14.8. The summed E-state index contributed by atoms with van der Waals surface area (Å²) in [5.74, 6) is 1.16. The third kappa shape index (κ3) is 4.13. The fourth-order valence-corrected chi connectivity index (χ4v) is 4.97. The molecule has 4 rings (SSSR count). The highest BCUT2D eigenvalue weighted by Crippen LogP contribution is 2.41. The van der Waals surface area contributed by atoms with Gasteiger partial charge < -0.3 is 14.4 Å². The van der Waals surface area contributed by atoms with Crippen molar-refractivity contribution in [2.75, 3.05) is 20.8 Å². The lowest BCUT2D eigenvalue weighted by atomic mass is 9.88. The van der Waals surface area contributed by atoms with Crippen molar-refractivity contribution in [3.05, 3.63) is 89.5 Å². The van der Waals surface area contributed by atoms with Gasteiger partial charge in [-0.05, 0) is 47.4 Å². The molecular formula is C24H24N2O5S. The Bertz CT molecular complexity index is 1210. The number of nitrogens with one attached hydrogen (secondary N) is 1. The second-order valence-electron chi connectivity index (χ2n) is 7.39. The van der Waals surface area contributed by atoms with Crippen LogP contribution >= 0.6 is 0 Å². The zero-order chi connectivity index (χ0) is 22.7. The molecule has 0 saturated carbocycles. The van der Waals surface area contributed by atoms with Crippen LogP contribution in [0.4, 0.5) is 4.79 Å². The van der Waals surface area contributed by atoms with Gasteiger partial charge in [0.15, 0.2) is 11.5 Å². The maximum Gasteiger partial charge on any atom is 0.332 e. The van der Waals surface area contributed by atoms with Crippen LogP contribution in [-0.2, 0) is 16.4 Å². The molecule has 0 aliphatic carbocycles. The van der Waals surface area contributed by atoms with E-state index < -0.39 is 22.1 Å². The number of methoxy groups -OCH3 is 2. The summed E-state index contributed by atoms with van der Waals surface area (Å²) in [6.07, 6.45) is 0.553. The van der Waals surface area contributed by atoms with E-state index >= 15 is 0 Å². The van der Waals surface area contributed by atoms with Gasteiger partial charge in [-0.1, -0.05) is 48.5 Å². The fraction of sp³-hybridized carbons (Fsp3) is 0.208. The Kier molecular flexibility index (Phi) is 6.05. The molecule has 0 bridgehead atoms. The van der Waals surface area contributed by atoms with Crippen molar-refractivity contribution in [1.82, 2.24) is 9.62 Å². The van der Waals surface area contributed by atoms with Gasteiger partial charge in [-0.25, -0.2) is 17.9 Å². The number of amides is 2. The molecule has 1 atom stereocenters. The first-order valence-corrected chi connectivity index (χ1v) is 11.6. The molecule has 3 aromatic carbocycles. The molecule has 0 spiro atoms. The minimum absolute atomic E-state index is 0.0356. The van der Waals surface area contributed by atoms with Gasteiger partial charge in [0, 0.05) is 6.54 Å². The molecule has 1 heterocycles. The molecular weight excluding hydrogens is 428 g/mol. The molecule has 0 fully saturated rings. The van der Waals surface area contributed by atoms with Crippen LogP contribution in [0.3, 0.4) is 0 Å². The Morgan fingerprint density at radius 1 is 0.938 bits per heavy atom. The highest BCUT2D eigenvalue weighted by atomic mass is 32.2. The lowest BCUT2D eigenvalue weighted by Gasteiger charge is -2.38. The van der Waals surface area contributed by atoms with E-state index in [0.717, 1.165) is 16.7 Å². The fourth-order valence-electron chi connectivity index (χ4n) is 3.99.